The summed E-state index contributed by atoms with van der Waals surface area (Å²) in [6.45, 7) is 4.64. The fraction of sp³-hybridized carbons (Fsp3) is 0.171. The molecule has 0 saturated heterocycles. The van der Waals surface area contributed by atoms with E-state index in [2.05, 4.69) is 231 Å². The van der Waals surface area contributed by atoms with Crippen molar-refractivity contribution in [3.63, 3.8) is 0 Å². The highest BCUT2D eigenvalue weighted by atomic mass is 32.1. The molecule has 6 aliphatic carbocycles. The Morgan fingerprint density at radius 3 is 2.32 bits per heavy atom. The first-order chi connectivity index (χ1) is 35.9. The fourth-order valence-electron chi connectivity index (χ4n) is 12.7. The van der Waals surface area contributed by atoms with Gasteiger partial charge >= 0.3 is 0 Å². The van der Waals surface area contributed by atoms with Crippen molar-refractivity contribution in [1.29, 1.82) is 0 Å². The number of hydrogen-bond donors (Lipinski definition) is 0. The van der Waals surface area contributed by atoms with Crippen molar-refractivity contribution in [2.75, 3.05) is 0 Å². The van der Waals surface area contributed by atoms with Crippen LogP contribution in [0.4, 0.5) is 0 Å². The molecule has 0 bridgehead atoms. The van der Waals surface area contributed by atoms with Crippen molar-refractivity contribution < 1.29 is 0 Å². The topological polar surface area (TPSA) is 4.93 Å². The molecule has 3 atom stereocenters. The highest BCUT2D eigenvalue weighted by Gasteiger charge is 2.33. The molecule has 354 valence electrons. The van der Waals surface area contributed by atoms with Crippen LogP contribution in [0, 0.1) is 24.2 Å². The number of hydrogen-bond acceptors (Lipinski definition) is 2. The van der Waals surface area contributed by atoms with Gasteiger partial charge in [-0.2, -0.15) is 0 Å². The molecular formula is C70H57NS2. The van der Waals surface area contributed by atoms with E-state index in [9.17, 15) is 0 Å². The third kappa shape index (κ3) is 7.70. The molecule has 15 rings (SSSR count). The number of allylic oxidation sites excluding steroid dienone is 15. The molecule has 0 saturated carbocycles. The summed E-state index contributed by atoms with van der Waals surface area (Å²) >= 11 is 3.88. The molecule has 3 heteroatoms. The van der Waals surface area contributed by atoms with Crippen LogP contribution in [-0.2, 0) is 19.3 Å². The Morgan fingerprint density at radius 1 is 0.603 bits per heavy atom. The summed E-state index contributed by atoms with van der Waals surface area (Å²) in [6, 6.07) is 45.6. The average Bonchev–Trinajstić information content (AvgIpc) is 4.13. The van der Waals surface area contributed by atoms with Gasteiger partial charge in [0.2, 0.25) is 0 Å². The second-order valence-corrected chi connectivity index (χ2v) is 23.3. The van der Waals surface area contributed by atoms with Gasteiger partial charge in [0.1, 0.15) is 0 Å². The molecule has 0 fully saturated rings. The lowest BCUT2D eigenvalue weighted by molar-refractivity contribution is 0.493. The van der Waals surface area contributed by atoms with Gasteiger partial charge < -0.3 is 4.57 Å². The van der Waals surface area contributed by atoms with Crippen LogP contribution in [0.5, 0.6) is 0 Å². The Morgan fingerprint density at radius 2 is 1.41 bits per heavy atom. The van der Waals surface area contributed by atoms with Crippen LogP contribution in [0.25, 0.3) is 87.3 Å². The Labute approximate surface area is 437 Å². The van der Waals surface area contributed by atoms with Crippen LogP contribution < -0.4 is 0 Å². The van der Waals surface area contributed by atoms with Crippen LogP contribution in [0.1, 0.15) is 71.0 Å². The molecule has 6 aliphatic rings. The normalized spacial score (nSPS) is 20.3. The first-order valence-electron chi connectivity index (χ1n) is 26.4. The van der Waals surface area contributed by atoms with Gasteiger partial charge in [-0.05, 0) is 138 Å². The summed E-state index contributed by atoms with van der Waals surface area (Å²) in [7, 11) is 0. The largest absolute Gasteiger partial charge is 0.313 e. The Kier molecular flexibility index (Phi) is 11.0. The molecule has 1 nitrogen and oxygen atoms in total. The van der Waals surface area contributed by atoms with Gasteiger partial charge in [0.05, 0.1) is 5.52 Å². The SMILES string of the molecule is CC1(C2=Cc3c(n(-c4ccc5c6c(sc5c4)CCC=C6)c4ccc(-c5ccc(-c6cccc7c6C=CCC7)cc5)cc34)CC2)C=CC(C2=CC=CC3C=CC=CC23)=CC1.Cc1cccc2c1sc1ccccc12. The molecule has 0 amide bonds. The molecule has 3 unspecified atom stereocenters. The van der Waals surface area contributed by atoms with Crippen LogP contribution in [-0.4, -0.2) is 4.57 Å². The molecule has 3 aromatic heterocycles. The fourth-order valence-corrected chi connectivity index (χ4v) is 15.1. The van der Waals surface area contributed by atoms with Crippen molar-refractivity contribution in [1.82, 2.24) is 4.57 Å². The van der Waals surface area contributed by atoms with Gasteiger partial charge in [0, 0.05) is 74.7 Å². The van der Waals surface area contributed by atoms with Crippen LogP contribution in [0.15, 0.2) is 211 Å². The molecular weight excluding hydrogens is 919 g/mol. The van der Waals surface area contributed by atoms with Crippen molar-refractivity contribution in [3.05, 3.63) is 249 Å². The Balaban J connectivity index is 0.000000302. The predicted octanol–water partition coefficient (Wildman–Crippen LogP) is 19.5. The number of rotatable bonds is 5. The highest BCUT2D eigenvalue weighted by molar-refractivity contribution is 7.26. The maximum Gasteiger partial charge on any atom is 0.0538 e. The zero-order valence-corrected chi connectivity index (χ0v) is 43.2. The predicted molar refractivity (Wildman–Crippen MR) is 317 cm³/mol. The second-order valence-electron chi connectivity index (χ2n) is 21.1. The van der Waals surface area contributed by atoms with Gasteiger partial charge in [-0.3, -0.25) is 0 Å². The van der Waals surface area contributed by atoms with E-state index in [0.717, 1.165) is 44.9 Å². The summed E-state index contributed by atoms with van der Waals surface area (Å²) in [6.07, 6.45) is 43.0. The van der Waals surface area contributed by atoms with E-state index in [1.54, 1.807) is 0 Å². The monoisotopic (exact) mass is 975 g/mol. The number of fused-ring (bicyclic) bond motifs is 11. The van der Waals surface area contributed by atoms with Crippen molar-refractivity contribution >= 4 is 82.1 Å². The summed E-state index contributed by atoms with van der Waals surface area (Å²) in [5, 5.41) is 5.52. The molecule has 0 spiro atoms. The maximum atomic E-state index is 2.59. The Hall–Kier alpha value is -7.30. The number of aryl methyl sites for hydroxylation is 3. The Bertz CT molecular complexity index is 4020. The van der Waals surface area contributed by atoms with E-state index in [4.69, 9.17) is 0 Å². The van der Waals surface area contributed by atoms with Crippen LogP contribution >= 0.6 is 22.7 Å². The summed E-state index contributed by atoms with van der Waals surface area (Å²) in [4.78, 5) is 1.53. The molecule has 9 aromatic rings. The van der Waals surface area contributed by atoms with Gasteiger partial charge in [-0.25, -0.2) is 0 Å². The van der Waals surface area contributed by atoms with E-state index in [1.165, 1.54) is 124 Å². The highest BCUT2D eigenvalue weighted by Crippen LogP contribution is 2.48. The van der Waals surface area contributed by atoms with Crippen molar-refractivity contribution in [2.24, 2.45) is 17.3 Å². The average molecular weight is 976 g/mol. The molecule has 3 heterocycles. The molecule has 0 radical (unpaired) electrons. The minimum absolute atomic E-state index is 0.0237. The number of aromatic nitrogens is 1. The molecule has 73 heavy (non-hydrogen) atoms. The minimum Gasteiger partial charge on any atom is -0.313 e. The number of nitrogens with zero attached hydrogens (tertiary/aromatic N) is 1. The maximum absolute atomic E-state index is 2.59. The summed E-state index contributed by atoms with van der Waals surface area (Å²) in [5.41, 5.74) is 20.5. The van der Waals surface area contributed by atoms with Crippen LogP contribution in [0.2, 0.25) is 0 Å². The van der Waals surface area contributed by atoms with E-state index < -0.39 is 0 Å². The number of benzene rings is 6. The third-order valence-corrected chi connectivity index (χ3v) is 19.3. The van der Waals surface area contributed by atoms with Gasteiger partial charge in [0.25, 0.3) is 0 Å². The zero-order chi connectivity index (χ0) is 48.6. The number of thiophene rings is 2. The van der Waals surface area contributed by atoms with Crippen LogP contribution in [0.3, 0.4) is 0 Å². The smallest absolute Gasteiger partial charge is 0.0538 e. The quantitative estimate of drug-likeness (QED) is 0.162. The second kappa shape index (κ2) is 18.0. The molecule has 6 aromatic carbocycles. The lowest BCUT2D eigenvalue weighted by Crippen LogP contribution is -2.22. The third-order valence-electron chi connectivity index (χ3n) is 16.7. The zero-order valence-electron chi connectivity index (χ0n) is 41.6. The van der Waals surface area contributed by atoms with E-state index >= 15 is 0 Å². The van der Waals surface area contributed by atoms with Crippen molar-refractivity contribution in [3.8, 4) is 27.9 Å². The summed E-state index contributed by atoms with van der Waals surface area (Å²) < 4.78 is 6.80. The standard InChI is InChI=1S/C57H47NS.C13H10S/c1-57(32-30-41(31-33-57)48-18-9-13-39-11-3-5-15-46(39)48)43-25-29-54-52(35-43)51-34-42(37-20-22-40(23-21-37)47-17-8-12-38-10-2-4-14-45(38)47)24-28-53(51)58(54)44-26-27-50-49-16-6-7-19-55(49)59-56(50)36-44;1-9-5-4-7-11-10-6-2-3-8-12(10)14-13(9)11/h3-6,8-9,11-18,20-24,26-28,30-32,34-36,39,46H,2,7,10,19,25,29,33H2,1H3;2-8H,1H3. The first kappa shape index (κ1) is 44.4. The van der Waals surface area contributed by atoms with E-state index in [0.29, 0.717) is 11.8 Å². The van der Waals surface area contributed by atoms with Gasteiger partial charge in [0.15, 0.2) is 0 Å². The van der Waals surface area contributed by atoms with Gasteiger partial charge in [-0.1, -0.05) is 195 Å². The van der Waals surface area contributed by atoms with Crippen molar-refractivity contribution in [2.45, 2.75) is 58.8 Å². The lowest BCUT2D eigenvalue weighted by Gasteiger charge is -2.35. The first-order valence-corrected chi connectivity index (χ1v) is 28.1. The minimum atomic E-state index is -0.0237. The van der Waals surface area contributed by atoms with E-state index in [-0.39, 0.29) is 5.41 Å². The van der Waals surface area contributed by atoms with Gasteiger partial charge in [-0.15, -0.1) is 22.7 Å². The lowest BCUT2D eigenvalue weighted by atomic mass is 9.69. The van der Waals surface area contributed by atoms with E-state index in [1.807, 2.05) is 22.7 Å². The molecule has 0 aliphatic heterocycles. The summed E-state index contributed by atoms with van der Waals surface area (Å²) in [5.74, 6) is 0.880. The molecule has 0 N–H and O–H groups in total.